The van der Waals surface area contributed by atoms with E-state index in [0.29, 0.717) is 16.5 Å². The lowest BCUT2D eigenvalue weighted by atomic mass is 10.2. The fourth-order valence-corrected chi connectivity index (χ4v) is 1.91. The van der Waals surface area contributed by atoms with E-state index in [1.165, 1.54) is 0 Å². The fraction of sp³-hybridized carbons (Fsp3) is 0. The minimum Gasteiger partial charge on any atom is -0.409 e. The van der Waals surface area contributed by atoms with Crippen LogP contribution in [0.5, 0.6) is 0 Å². The van der Waals surface area contributed by atoms with Gasteiger partial charge in [0.1, 0.15) is 11.4 Å². The Morgan fingerprint density at radius 3 is 2.06 bits per heavy atom. The van der Waals surface area contributed by atoms with Crippen LogP contribution in [0.15, 0.2) is 39.4 Å². The molecule has 1 aliphatic carbocycles. The van der Waals surface area contributed by atoms with E-state index in [1.54, 1.807) is 24.3 Å². The minimum absolute atomic E-state index is 0.0939. The second-order valence-electron chi connectivity index (χ2n) is 3.64. The topological polar surface area (TPSA) is 108 Å². The molecule has 1 aliphatic heterocycles. The number of rotatable bonds is 0. The van der Waals surface area contributed by atoms with Crippen molar-refractivity contribution in [3.05, 3.63) is 45.5 Å². The van der Waals surface area contributed by atoms with Gasteiger partial charge in [-0.15, -0.1) is 0 Å². The Balaban J connectivity index is 2.66. The zero-order valence-corrected chi connectivity index (χ0v) is 8.90. The van der Waals surface area contributed by atoms with E-state index in [4.69, 9.17) is 10.4 Å². The zero-order valence-electron chi connectivity index (χ0n) is 8.90. The van der Waals surface area contributed by atoms with Gasteiger partial charge in [-0.05, 0) is 0 Å². The van der Waals surface area contributed by atoms with Crippen LogP contribution in [0.2, 0.25) is 0 Å². The smallest absolute Gasteiger partial charge is 0.240 e. The normalized spacial score (nSPS) is 13.8. The quantitative estimate of drug-likeness (QED) is 0.410. The van der Waals surface area contributed by atoms with Gasteiger partial charge in [0.25, 0.3) is 0 Å². The van der Waals surface area contributed by atoms with Crippen molar-refractivity contribution in [2.75, 3.05) is 0 Å². The lowest BCUT2D eigenvalue weighted by Gasteiger charge is -1.95. The first-order chi connectivity index (χ1) is 8.76. The Morgan fingerprint density at radius 2 is 1.44 bits per heavy atom. The predicted molar refractivity (Wildman–Crippen MR) is 59.5 cm³/mol. The standard InChI is InChI=1S/C11H6N4O3/c16-9-6-4-2-1-3-5(6)7-8(9)13-11(15-18)10(12-7)14-17/h1-4,17-18H. The Bertz CT molecular complexity index is 878. The van der Waals surface area contributed by atoms with Gasteiger partial charge in [0.05, 0.1) is 0 Å². The predicted octanol–water partition coefficient (Wildman–Crippen LogP) is -0.450. The molecule has 88 valence electrons. The van der Waals surface area contributed by atoms with Gasteiger partial charge < -0.3 is 10.4 Å². The molecule has 1 heterocycles. The number of benzene rings is 1. The summed E-state index contributed by atoms with van der Waals surface area (Å²) >= 11 is 0. The molecule has 0 saturated carbocycles. The molecule has 0 fully saturated rings. The summed E-state index contributed by atoms with van der Waals surface area (Å²) in [6.45, 7) is 0. The summed E-state index contributed by atoms with van der Waals surface area (Å²) in [5.41, 5.74) is -0.396. The molecule has 1 aromatic rings. The first-order valence-corrected chi connectivity index (χ1v) is 5.02. The van der Waals surface area contributed by atoms with Gasteiger partial charge in [-0.25, -0.2) is 9.97 Å². The number of fused-ring (bicyclic) bond motifs is 3. The number of nitrogens with zero attached hydrogens (tertiary/aromatic N) is 4. The minimum atomic E-state index is -0.294. The molecule has 1 aromatic carbocycles. The molecule has 0 radical (unpaired) electrons. The molecule has 2 aliphatic rings. The summed E-state index contributed by atoms with van der Waals surface area (Å²) in [5.74, 6) is 0. The largest absolute Gasteiger partial charge is 0.409 e. The van der Waals surface area contributed by atoms with E-state index in [0.717, 1.165) is 0 Å². The van der Waals surface area contributed by atoms with Crippen molar-refractivity contribution in [1.29, 1.82) is 0 Å². The van der Waals surface area contributed by atoms with E-state index in [1.807, 2.05) is 0 Å². The molecule has 0 amide bonds. The lowest BCUT2D eigenvalue weighted by Crippen LogP contribution is -2.34. The highest BCUT2D eigenvalue weighted by molar-refractivity contribution is 5.98. The molecule has 7 nitrogen and oxygen atoms in total. The van der Waals surface area contributed by atoms with E-state index in [-0.39, 0.29) is 22.1 Å². The maximum atomic E-state index is 12.0. The third-order valence-corrected chi connectivity index (χ3v) is 2.69. The number of hydrogen-bond donors (Lipinski definition) is 2. The Morgan fingerprint density at radius 1 is 0.889 bits per heavy atom. The highest BCUT2D eigenvalue weighted by atomic mass is 16.4. The van der Waals surface area contributed by atoms with Crippen LogP contribution in [-0.2, 0) is 0 Å². The van der Waals surface area contributed by atoms with Gasteiger partial charge in [0, 0.05) is 10.8 Å². The fourth-order valence-electron chi connectivity index (χ4n) is 1.91. The average Bonchev–Trinajstić information content (AvgIpc) is 2.71. The molecule has 18 heavy (non-hydrogen) atoms. The van der Waals surface area contributed by atoms with E-state index in [9.17, 15) is 4.79 Å². The second kappa shape index (κ2) is 3.59. The van der Waals surface area contributed by atoms with Crippen molar-refractivity contribution in [2.24, 2.45) is 10.3 Å². The van der Waals surface area contributed by atoms with Crippen LogP contribution < -0.4 is 16.4 Å². The van der Waals surface area contributed by atoms with Gasteiger partial charge in [0.2, 0.25) is 16.4 Å². The van der Waals surface area contributed by atoms with Gasteiger partial charge in [-0.1, -0.05) is 34.6 Å². The van der Waals surface area contributed by atoms with Crippen LogP contribution in [-0.4, -0.2) is 20.4 Å². The van der Waals surface area contributed by atoms with Gasteiger partial charge in [-0.3, -0.25) is 4.79 Å². The zero-order chi connectivity index (χ0) is 12.7. The van der Waals surface area contributed by atoms with Crippen molar-refractivity contribution in [2.45, 2.75) is 0 Å². The molecular formula is C11H6N4O3. The van der Waals surface area contributed by atoms with Crippen LogP contribution in [0.4, 0.5) is 0 Å². The van der Waals surface area contributed by atoms with E-state index >= 15 is 0 Å². The van der Waals surface area contributed by atoms with Gasteiger partial charge >= 0.3 is 0 Å². The highest BCUT2D eigenvalue weighted by Gasteiger charge is 2.19. The third-order valence-electron chi connectivity index (χ3n) is 2.69. The summed E-state index contributed by atoms with van der Waals surface area (Å²) in [7, 11) is 0. The molecule has 0 aromatic heterocycles. The van der Waals surface area contributed by atoms with Crippen LogP contribution in [0, 0.1) is 0 Å². The Kier molecular flexibility index (Phi) is 2.06. The van der Waals surface area contributed by atoms with E-state index in [2.05, 4.69) is 20.3 Å². The first-order valence-electron chi connectivity index (χ1n) is 5.02. The van der Waals surface area contributed by atoms with Crippen molar-refractivity contribution >= 4 is 10.8 Å². The van der Waals surface area contributed by atoms with Crippen LogP contribution in [0.1, 0.15) is 0 Å². The van der Waals surface area contributed by atoms with Crippen LogP contribution in [0.3, 0.4) is 0 Å². The molecule has 0 unspecified atom stereocenters. The Labute approximate surface area is 99.0 Å². The lowest BCUT2D eigenvalue weighted by molar-refractivity contribution is 0.281. The van der Waals surface area contributed by atoms with Crippen molar-refractivity contribution in [1.82, 2.24) is 9.97 Å². The number of hydrogen-bond acceptors (Lipinski definition) is 7. The monoisotopic (exact) mass is 242 g/mol. The molecule has 0 atom stereocenters. The summed E-state index contributed by atoms with van der Waals surface area (Å²) in [5, 5.41) is 24.3. The maximum Gasteiger partial charge on any atom is 0.240 e. The van der Waals surface area contributed by atoms with Crippen molar-refractivity contribution < 1.29 is 10.4 Å². The molecule has 2 N–H and O–H groups in total. The van der Waals surface area contributed by atoms with Gasteiger partial charge in [0.15, 0.2) is 0 Å². The first kappa shape index (κ1) is 10.3. The van der Waals surface area contributed by atoms with Crippen molar-refractivity contribution in [3.8, 4) is 11.4 Å². The molecule has 0 bridgehead atoms. The van der Waals surface area contributed by atoms with E-state index < -0.39 is 0 Å². The molecular weight excluding hydrogens is 236 g/mol. The summed E-state index contributed by atoms with van der Waals surface area (Å²) < 4.78 is 0. The molecule has 0 saturated heterocycles. The molecule has 3 rings (SSSR count). The highest BCUT2D eigenvalue weighted by Crippen LogP contribution is 2.23. The SMILES string of the molecule is O=c1c2nc(=NO)c(=NO)nc-2c2ccccc12. The van der Waals surface area contributed by atoms with Crippen LogP contribution in [0.25, 0.3) is 22.2 Å². The summed E-state index contributed by atoms with van der Waals surface area (Å²) in [6.07, 6.45) is 0. The second-order valence-corrected chi connectivity index (χ2v) is 3.64. The maximum absolute atomic E-state index is 12.0. The molecule has 0 spiro atoms. The Hall–Kier alpha value is -2.83. The number of aromatic nitrogens is 2. The molecule has 7 heteroatoms. The average molecular weight is 242 g/mol. The van der Waals surface area contributed by atoms with Crippen LogP contribution >= 0.6 is 0 Å². The van der Waals surface area contributed by atoms with Gasteiger partial charge in [-0.2, -0.15) is 0 Å². The van der Waals surface area contributed by atoms with Crippen molar-refractivity contribution in [3.63, 3.8) is 0 Å². The summed E-state index contributed by atoms with van der Waals surface area (Å²) in [4.78, 5) is 19.9. The third kappa shape index (κ3) is 1.21. The summed E-state index contributed by atoms with van der Waals surface area (Å²) in [6, 6.07) is 6.89.